The van der Waals surface area contributed by atoms with E-state index >= 15 is 0 Å². The van der Waals surface area contributed by atoms with Crippen molar-refractivity contribution in [2.45, 2.75) is 25.3 Å². The van der Waals surface area contributed by atoms with Crippen molar-refractivity contribution in [1.82, 2.24) is 14.5 Å². The van der Waals surface area contributed by atoms with Crippen LogP contribution in [0.2, 0.25) is 0 Å². The number of nitrogens with zero attached hydrogens (tertiary/aromatic N) is 2. The molecule has 8 heteroatoms. The van der Waals surface area contributed by atoms with E-state index in [0.29, 0.717) is 6.54 Å². The summed E-state index contributed by atoms with van der Waals surface area (Å²) in [5, 5.41) is 4.08. The predicted octanol–water partition coefficient (Wildman–Crippen LogP) is 1.95. The van der Waals surface area contributed by atoms with Crippen LogP contribution in [0.1, 0.15) is 12.5 Å². The van der Waals surface area contributed by atoms with Crippen LogP contribution in [0, 0.1) is 18.7 Å². The lowest BCUT2D eigenvalue weighted by atomic mass is 10.2. The van der Waals surface area contributed by atoms with Crippen LogP contribution < -0.4 is 9.46 Å². The Morgan fingerprint density at radius 1 is 1.43 bits per heavy atom. The van der Waals surface area contributed by atoms with Crippen molar-refractivity contribution in [2.24, 2.45) is 5.92 Å². The highest BCUT2D eigenvalue weighted by molar-refractivity contribution is 7.89. The average molecular weight is 341 g/mol. The summed E-state index contributed by atoms with van der Waals surface area (Å²) in [6, 6.07) is 4.46. The van der Waals surface area contributed by atoms with E-state index in [9.17, 15) is 12.8 Å². The third-order valence-electron chi connectivity index (χ3n) is 3.49. The molecule has 0 spiro atoms. The molecule has 1 aromatic carbocycles. The van der Waals surface area contributed by atoms with Crippen molar-refractivity contribution >= 4 is 10.0 Å². The second kappa shape index (κ2) is 7.10. The lowest BCUT2D eigenvalue weighted by molar-refractivity contribution is 0.384. The van der Waals surface area contributed by atoms with Gasteiger partial charge in [-0.05, 0) is 31.0 Å². The Kier molecular flexibility index (Phi) is 5.38. The number of ether oxygens (including phenoxy) is 1. The molecule has 2 rings (SSSR count). The van der Waals surface area contributed by atoms with Gasteiger partial charge in [0.25, 0.3) is 0 Å². The Morgan fingerprint density at radius 2 is 2.17 bits per heavy atom. The van der Waals surface area contributed by atoms with Gasteiger partial charge in [-0.25, -0.2) is 17.5 Å². The van der Waals surface area contributed by atoms with E-state index in [1.165, 1.54) is 26.2 Å². The Labute approximate surface area is 135 Å². The molecule has 23 heavy (non-hydrogen) atoms. The highest BCUT2D eigenvalue weighted by atomic mass is 32.2. The Hall–Kier alpha value is -1.93. The molecule has 126 valence electrons. The maximum Gasteiger partial charge on any atom is 0.240 e. The molecule has 1 aromatic heterocycles. The molecule has 2 aromatic rings. The van der Waals surface area contributed by atoms with Crippen molar-refractivity contribution in [2.75, 3.05) is 13.7 Å². The molecule has 1 N–H and O–H groups in total. The summed E-state index contributed by atoms with van der Waals surface area (Å²) >= 11 is 0. The molecule has 0 saturated carbocycles. The maximum atomic E-state index is 14.0. The number of halogens is 1. The van der Waals surface area contributed by atoms with Gasteiger partial charge in [-0.3, -0.25) is 4.68 Å². The van der Waals surface area contributed by atoms with E-state index in [0.717, 1.165) is 0 Å². The monoisotopic (exact) mass is 341 g/mol. The first-order chi connectivity index (χ1) is 10.8. The van der Waals surface area contributed by atoms with Gasteiger partial charge >= 0.3 is 0 Å². The topological polar surface area (TPSA) is 73.2 Å². The summed E-state index contributed by atoms with van der Waals surface area (Å²) in [6.07, 6.45) is 3.48. The van der Waals surface area contributed by atoms with Crippen LogP contribution in [-0.2, 0) is 16.6 Å². The predicted molar refractivity (Wildman–Crippen MR) is 84.3 cm³/mol. The maximum absolute atomic E-state index is 14.0. The zero-order valence-corrected chi connectivity index (χ0v) is 14.1. The number of sulfonamides is 1. The van der Waals surface area contributed by atoms with Crippen LogP contribution in [0.4, 0.5) is 4.39 Å². The summed E-state index contributed by atoms with van der Waals surface area (Å²) < 4.78 is 47.9. The van der Waals surface area contributed by atoms with Gasteiger partial charge in [0.15, 0.2) is 11.6 Å². The molecule has 0 aliphatic heterocycles. The van der Waals surface area contributed by atoms with Gasteiger partial charge < -0.3 is 4.74 Å². The van der Waals surface area contributed by atoms with Gasteiger partial charge in [0.05, 0.1) is 12.0 Å². The first-order valence-corrected chi connectivity index (χ1v) is 8.63. The minimum atomic E-state index is -3.79. The Balaban J connectivity index is 2.08. The van der Waals surface area contributed by atoms with E-state index in [1.54, 1.807) is 16.9 Å². The molecule has 0 amide bonds. The molecule has 0 saturated heterocycles. The normalized spacial score (nSPS) is 13.0. The number of aromatic nitrogens is 2. The van der Waals surface area contributed by atoms with Gasteiger partial charge in [-0.15, -0.1) is 0 Å². The standard InChI is InChI=1S/C15H20FN3O3S/c1-11(10-19-8-4-7-17-19)9-18-23(20,21)14-6-5-13(22-3)15(16)12(14)2/h4-8,11,18H,9-10H2,1-3H3/t11-/m0/s1. The summed E-state index contributed by atoms with van der Waals surface area (Å²) in [5.74, 6) is -0.610. The number of hydrogen-bond donors (Lipinski definition) is 1. The molecular weight excluding hydrogens is 321 g/mol. The van der Waals surface area contributed by atoms with E-state index in [1.807, 2.05) is 13.1 Å². The fourth-order valence-electron chi connectivity index (χ4n) is 2.21. The molecule has 1 atom stereocenters. The van der Waals surface area contributed by atoms with Crippen LogP contribution in [-0.4, -0.2) is 31.9 Å². The van der Waals surface area contributed by atoms with E-state index in [2.05, 4.69) is 9.82 Å². The first kappa shape index (κ1) is 17.4. The van der Waals surface area contributed by atoms with Gasteiger partial charge in [0.2, 0.25) is 10.0 Å². The minimum Gasteiger partial charge on any atom is -0.494 e. The zero-order valence-electron chi connectivity index (χ0n) is 13.3. The molecule has 0 fully saturated rings. The Morgan fingerprint density at radius 3 is 2.78 bits per heavy atom. The van der Waals surface area contributed by atoms with Crippen molar-refractivity contribution < 1.29 is 17.5 Å². The van der Waals surface area contributed by atoms with Crippen LogP contribution in [0.3, 0.4) is 0 Å². The van der Waals surface area contributed by atoms with Crippen molar-refractivity contribution in [3.63, 3.8) is 0 Å². The summed E-state index contributed by atoms with van der Waals surface area (Å²) in [6.45, 7) is 4.14. The highest BCUT2D eigenvalue weighted by Gasteiger charge is 2.21. The fraction of sp³-hybridized carbons (Fsp3) is 0.400. The lowest BCUT2D eigenvalue weighted by Crippen LogP contribution is -2.30. The van der Waals surface area contributed by atoms with Gasteiger partial charge in [-0.2, -0.15) is 5.10 Å². The molecule has 0 radical (unpaired) electrons. The van der Waals surface area contributed by atoms with E-state index in [4.69, 9.17) is 4.74 Å². The molecule has 6 nitrogen and oxygen atoms in total. The van der Waals surface area contributed by atoms with E-state index < -0.39 is 15.8 Å². The SMILES string of the molecule is COc1ccc(S(=O)(=O)NC[C@H](C)Cn2cccn2)c(C)c1F. The number of methoxy groups -OCH3 is 1. The largest absolute Gasteiger partial charge is 0.494 e. The van der Waals surface area contributed by atoms with Gasteiger partial charge in [0, 0.05) is 31.0 Å². The molecule has 0 aliphatic carbocycles. The van der Waals surface area contributed by atoms with Crippen LogP contribution in [0.15, 0.2) is 35.5 Å². The number of benzene rings is 1. The summed E-state index contributed by atoms with van der Waals surface area (Å²) in [7, 11) is -2.45. The zero-order chi connectivity index (χ0) is 17.0. The van der Waals surface area contributed by atoms with Gasteiger partial charge in [0.1, 0.15) is 0 Å². The first-order valence-electron chi connectivity index (χ1n) is 7.15. The molecule has 0 unspecified atom stereocenters. The van der Waals surface area contributed by atoms with Gasteiger partial charge in [-0.1, -0.05) is 6.92 Å². The number of rotatable bonds is 7. The summed E-state index contributed by atoms with van der Waals surface area (Å²) in [4.78, 5) is -0.0814. The molecule has 1 heterocycles. The van der Waals surface area contributed by atoms with Crippen molar-refractivity contribution in [3.8, 4) is 5.75 Å². The van der Waals surface area contributed by atoms with Crippen molar-refractivity contribution in [1.29, 1.82) is 0 Å². The third kappa shape index (κ3) is 4.08. The average Bonchev–Trinajstić information content (AvgIpc) is 3.00. The molecular formula is C15H20FN3O3S. The second-order valence-electron chi connectivity index (χ2n) is 5.39. The second-order valence-corrected chi connectivity index (χ2v) is 7.13. The van der Waals surface area contributed by atoms with Crippen LogP contribution >= 0.6 is 0 Å². The molecule has 0 bridgehead atoms. The van der Waals surface area contributed by atoms with Crippen LogP contribution in [0.5, 0.6) is 5.75 Å². The molecule has 0 aliphatic rings. The number of nitrogens with one attached hydrogen (secondary N) is 1. The number of hydrogen-bond acceptors (Lipinski definition) is 4. The lowest BCUT2D eigenvalue weighted by Gasteiger charge is -2.15. The minimum absolute atomic E-state index is 0.0218. The fourth-order valence-corrected chi connectivity index (χ4v) is 3.61. The third-order valence-corrected chi connectivity index (χ3v) is 5.06. The van der Waals surface area contributed by atoms with Crippen molar-refractivity contribution in [3.05, 3.63) is 42.0 Å². The smallest absolute Gasteiger partial charge is 0.240 e. The summed E-state index contributed by atoms with van der Waals surface area (Å²) in [5.41, 5.74) is 0.0385. The highest BCUT2D eigenvalue weighted by Crippen LogP contribution is 2.25. The Bertz CT molecular complexity index is 761. The van der Waals surface area contributed by atoms with E-state index in [-0.39, 0.29) is 28.7 Å². The quantitative estimate of drug-likeness (QED) is 0.835. The van der Waals surface area contributed by atoms with Crippen LogP contribution in [0.25, 0.3) is 0 Å².